The molecule has 1 saturated heterocycles. The Morgan fingerprint density at radius 3 is 2.61 bits per heavy atom. The Hall–Kier alpha value is -4.87. The lowest BCUT2D eigenvalue weighted by atomic mass is 10.0. The smallest absolute Gasteiger partial charge is 0.253 e. The van der Waals surface area contributed by atoms with E-state index in [2.05, 4.69) is 26.2 Å². The van der Waals surface area contributed by atoms with Crippen LogP contribution in [0, 0.1) is 0 Å². The number of morpholine rings is 1. The Morgan fingerprint density at radius 1 is 1.07 bits per heavy atom. The van der Waals surface area contributed by atoms with Crippen molar-refractivity contribution in [2.45, 2.75) is 12.5 Å². The fourth-order valence-corrected chi connectivity index (χ4v) is 4.51. The first kappa shape index (κ1) is 27.7. The van der Waals surface area contributed by atoms with Gasteiger partial charge in [-0.3, -0.25) is 14.4 Å². The standard InChI is InChI=1S/C29H26ClN7O4/c30-22-7-12-26(37-19-31-34-35-37)21(17-22)6-13-27(38)33-25(16-20-4-2-1-3-5-20)29(40)32-23-8-10-24(11-9-23)36-14-15-41-18-28(36)39/h1-13,17,19,25H,14-16,18H2,(H,32,40)(H,33,38)/t25-/m0/s1. The Balaban J connectivity index is 1.30. The van der Waals surface area contributed by atoms with Crippen molar-refractivity contribution in [2.75, 3.05) is 30.0 Å². The molecule has 2 N–H and O–H groups in total. The van der Waals surface area contributed by atoms with Gasteiger partial charge in [0.25, 0.3) is 5.91 Å². The number of anilines is 2. The topological polar surface area (TPSA) is 131 Å². The van der Waals surface area contributed by atoms with E-state index in [0.717, 1.165) is 11.3 Å². The molecule has 0 aliphatic carbocycles. The van der Waals surface area contributed by atoms with Crippen LogP contribution in [0.4, 0.5) is 11.4 Å². The Morgan fingerprint density at radius 2 is 1.88 bits per heavy atom. The number of carbonyl (C=O) groups excluding carboxylic acids is 3. The van der Waals surface area contributed by atoms with E-state index in [1.54, 1.807) is 53.4 Å². The van der Waals surface area contributed by atoms with Crippen LogP contribution in [0.2, 0.25) is 5.02 Å². The first-order valence-electron chi connectivity index (χ1n) is 12.8. The van der Waals surface area contributed by atoms with E-state index in [0.29, 0.717) is 35.1 Å². The number of nitrogens with one attached hydrogen (secondary N) is 2. The van der Waals surface area contributed by atoms with Crippen LogP contribution in [-0.2, 0) is 25.5 Å². The van der Waals surface area contributed by atoms with Gasteiger partial charge in [0.1, 0.15) is 19.0 Å². The van der Waals surface area contributed by atoms with E-state index in [1.807, 2.05) is 30.3 Å². The average molecular weight is 572 g/mol. The average Bonchev–Trinajstić information content (AvgIpc) is 3.52. The molecule has 1 aliphatic heterocycles. The summed E-state index contributed by atoms with van der Waals surface area (Å²) in [6, 6.07) is 20.6. The number of hydrogen-bond acceptors (Lipinski definition) is 7. The van der Waals surface area contributed by atoms with E-state index in [1.165, 1.54) is 17.1 Å². The third-order valence-electron chi connectivity index (χ3n) is 6.35. The van der Waals surface area contributed by atoms with E-state index in [-0.39, 0.29) is 24.8 Å². The zero-order valence-electron chi connectivity index (χ0n) is 21.8. The third kappa shape index (κ3) is 7.21. The number of halogens is 1. The summed E-state index contributed by atoms with van der Waals surface area (Å²) in [7, 11) is 0. The Labute approximate surface area is 240 Å². The van der Waals surface area contributed by atoms with Gasteiger partial charge >= 0.3 is 0 Å². The van der Waals surface area contributed by atoms with Gasteiger partial charge in [0.2, 0.25) is 11.8 Å². The number of aromatic nitrogens is 4. The molecule has 1 atom stereocenters. The molecule has 5 rings (SSSR count). The maximum Gasteiger partial charge on any atom is 0.253 e. The number of benzene rings is 3. The normalized spacial score (nSPS) is 14.2. The second-order valence-electron chi connectivity index (χ2n) is 9.18. The SMILES string of the molecule is O=C(C=Cc1cc(Cl)ccc1-n1cnnn1)N[C@@H](Cc1ccccc1)C(=O)Nc1ccc(N2CCOCC2=O)cc1. The zero-order chi connectivity index (χ0) is 28.6. The van der Waals surface area contributed by atoms with Crippen molar-refractivity contribution in [3.63, 3.8) is 0 Å². The molecule has 41 heavy (non-hydrogen) atoms. The summed E-state index contributed by atoms with van der Waals surface area (Å²) >= 11 is 6.17. The fraction of sp³-hybridized carbons (Fsp3) is 0.172. The summed E-state index contributed by atoms with van der Waals surface area (Å²) < 4.78 is 6.64. The third-order valence-corrected chi connectivity index (χ3v) is 6.58. The van der Waals surface area contributed by atoms with E-state index in [9.17, 15) is 14.4 Å². The lowest BCUT2D eigenvalue weighted by molar-refractivity contribution is -0.125. The summed E-state index contributed by atoms with van der Waals surface area (Å²) in [6.07, 6.45) is 4.63. The minimum absolute atomic E-state index is 0.0457. The largest absolute Gasteiger partial charge is 0.370 e. The highest BCUT2D eigenvalue weighted by Gasteiger charge is 2.22. The monoisotopic (exact) mass is 571 g/mol. The molecule has 3 aromatic carbocycles. The van der Waals surface area contributed by atoms with Gasteiger partial charge in [-0.1, -0.05) is 41.9 Å². The van der Waals surface area contributed by atoms with Crippen molar-refractivity contribution in [1.29, 1.82) is 0 Å². The van der Waals surface area contributed by atoms with Crippen molar-refractivity contribution in [3.8, 4) is 5.69 Å². The van der Waals surface area contributed by atoms with Crippen molar-refractivity contribution in [1.82, 2.24) is 25.5 Å². The molecule has 11 nitrogen and oxygen atoms in total. The number of hydrogen-bond donors (Lipinski definition) is 2. The highest BCUT2D eigenvalue weighted by atomic mass is 35.5. The molecule has 2 heterocycles. The quantitative estimate of drug-likeness (QED) is 0.295. The second kappa shape index (κ2) is 13.0. The van der Waals surface area contributed by atoms with E-state index in [4.69, 9.17) is 16.3 Å². The van der Waals surface area contributed by atoms with Crippen molar-refractivity contribution in [3.05, 3.63) is 101 Å². The summed E-state index contributed by atoms with van der Waals surface area (Å²) in [5.74, 6) is -0.970. The second-order valence-corrected chi connectivity index (χ2v) is 9.61. The molecule has 3 amide bonds. The van der Waals surface area contributed by atoms with Crippen LogP contribution in [0.5, 0.6) is 0 Å². The molecule has 12 heteroatoms. The van der Waals surface area contributed by atoms with Crippen LogP contribution in [-0.4, -0.2) is 63.7 Å². The number of nitrogens with zero attached hydrogens (tertiary/aromatic N) is 5. The summed E-state index contributed by atoms with van der Waals surface area (Å²) in [5.41, 5.74) is 3.38. The zero-order valence-corrected chi connectivity index (χ0v) is 22.6. The van der Waals surface area contributed by atoms with Gasteiger partial charge in [-0.05, 0) is 64.5 Å². The summed E-state index contributed by atoms with van der Waals surface area (Å²) in [5, 5.41) is 17.4. The Bertz CT molecular complexity index is 1540. The Kier molecular flexibility index (Phi) is 8.77. The van der Waals surface area contributed by atoms with Gasteiger partial charge in [0.15, 0.2) is 0 Å². The van der Waals surface area contributed by atoms with Crippen LogP contribution >= 0.6 is 11.6 Å². The predicted molar refractivity (Wildman–Crippen MR) is 154 cm³/mol. The van der Waals surface area contributed by atoms with Gasteiger partial charge in [-0.15, -0.1) is 5.10 Å². The molecule has 208 valence electrons. The van der Waals surface area contributed by atoms with Crippen molar-refractivity contribution in [2.24, 2.45) is 0 Å². The van der Waals surface area contributed by atoms with Gasteiger partial charge in [-0.25, -0.2) is 0 Å². The molecule has 0 unspecified atom stereocenters. The summed E-state index contributed by atoms with van der Waals surface area (Å²) in [6.45, 7) is 0.982. The van der Waals surface area contributed by atoms with Crippen molar-refractivity contribution >= 4 is 46.8 Å². The molecule has 0 radical (unpaired) electrons. The number of ether oxygens (including phenoxy) is 1. The van der Waals surface area contributed by atoms with Crippen LogP contribution < -0.4 is 15.5 Å². The van der Waals surface area contributed by atoms with Gasteiger partial charge in [0.05, 0.1) is 12.3 Å². The predicted octanol–water partition coefficient (Wildman–Crippen LogP) is 3.06. The van der Waals surface area contributed by atoms with Gasteiger partial charge in [-0.2, -0.15) is 4.68 Å². The number of amides is 3. The molecular formula is C29H26ClN7O4. The van der Waals surface area contributed by atoms with Crippen molar-refractivity contribution < 1.29 is 19.1 Å². The maximum atomic E-state index is 13.3. The first-order chi connectivity index (χ1) is 20.0. The van der Waals surface area contributed by atoms with E-state index >= 15 is 0 Å². The fourth-order valence-electron chi connectivity index (χ4n) is 4.33. The molecule has 0 spiro atoms. The summed E-state index contributed by atoms with van der Waals surface area (Å²) in [4.78, 5) is 40.1. The number of tetrazole rings is 1. The molecule has 1 aromatic heterocycles. The lowest BCUT2D eigenvalue weighted by Crippen LogP contribution is -2.44. The minimum atomic E-state index is -0.867. The lowest BCUT2D eigenvalue weighted by Gasteiger charge is -2.27. The highest BCUT2D eigenvalue weighted by Crippen LogP contribution is 2.21. The maximum absolute atomic E-state index is 13.3. The van der Waals surface area contributed by atoms with Gasteiger partial charge in [0, 0.05) is 41.0 Å². The molecule has 1 fully saturated rings. The molecular weight excluding hydrogens is 546 g/mol. The highest BCUT2D eigenvalue weighted by molar-refractivity contribution is 6.30. The molecule has 1 aliphatic rings. The van der Waals surface area contributed by atoms with Crippen LogP contribution in [0.3, 0.4) is 0 Å². The first-order valence-corrected chi connectivity index (χ1v) is 13.2. The van der Waals surface area contributed by atoms with Crippen LogP contribution in [0.1, 0.15) is 11.1 Å². The molecule has 0 saturated carbocycles. The number of rotatable bonds is 9. The van der Waals surface area contributed by atoms with E-state index < -0.39 is 11.9 Å². The molecule has 0 bridgehead atoms. The molecule has 4 aromatic rings. The minimum Gasteiger partial charge on any atom is -0.370 e. The van der Waals surface area contributed by atoms with Crippen LogP contribution in [0.25, 0.3) is 11.8 Å². The van der Waals surface area contributed by atoms with Gasteiger partial charge < -0.3 is 20.3 Å². The number of carbonyl (C=O) groups is 3. The van der Waals surface area contributed by atoms with Crippen LogP contribution in [0.15, 0.2) is 85.2 Å².